The number of ether oxygens (including phenoxy) is 1. The van der Waals surface area contributed by atoms with E-state index in [1.54, 1.807) is 23.7 Å². The first kappa shape index (κ1) is 15.9. The fraction of sp³-hybridized carbons (Fsp3) is 0.125. The number of hydrogen-bond donors (Lipinski definition) is 2. The molecule has 2 heterocycles. The van der Waals surface area contributed by atoms with Gasteiger partial charge in [0.05, 0.1) is 12.3 Å². The molecule has 0 unspecified atom stereocenters. The third-order valence-corrected chi connectivity index (χ3v) is 3.37. The molecular formula is C16H15N5O2S. The van der Waals surface area contributed by atoms with Crippen LogP contribution >= 0.6 is 12.2 Å². The number of hydrogen-bond acceptors (Lipinski definition) is 5. The Labute approximate surface area is 143 Å². The summed E-state index contributed by atoms with van der Waals surface area (Å²) in [5.41, 5.74) is 8.71. The number of aromatic nitrogens is 3. The SMILES string of the molecule is CCOC(=O)c1cc2nccc(-c3cccc(NC(N)=S)c3)n2n1. The molecule has 0 saturated carbocycles. The lowest BCUT2D eigenvalue weighted by atomic mass is 10.1. The molecule has 0 atom stereocenters. The van der Waals surface area contributed by atoms with Crippen molar-refractivity contribution in [3.63, 3.8) is 0 Å². The molecule has 0 aliphatic rings. The van der Waals surface area contributed by atoms with Crippen molar-refractivity contribution in [3.05, 3.63) is 48.3 Å². The van der Waals surface area contributed by atoms with Crippen molar-refractivity contribution in [3.8, 4) is 11.3 Å². The lowest BCUT2D eigenvalue weighted by molar-refractivity contribution is 0.0519. The number of anilines is 1. The number of nitrogens with two attached hydrogens (primary N) is 1. The molecule has 0 aliphatic carbocycles. The van der Waals surface area contributed by atoms with E-state index in [9.17, 15) is 4.79 Å². The lowest BCUT2D eigenvalue weighted by Crippen LogP contribution is -2.18. The average molecular weight is 341 g/mol. The number of nitrogens with zero attached hydrogens (tertiary/aromatic N) is 3. The molecular weight excluding hydrogens is 326 g/mol. The summed E-state index contributed by atoms with van der Waals surface area (Å²) in [4.78, 5) is 16.1. The van der Waals surface area contributed by atoms with Crippen LogP contribution in [0.4, 0.5) is 5.69 Å². The summed E-state index contributed by atoms with van der Waals surface area (Å²) < 4.78 is 6.59. The molecule has 0 aliphatic heterocycles. The van der Waals surface area contributed by atoms with Gasteiger partial charge in [0.25, 0.3) is 0 Å². The minimum atomic E-state index is -0.474. The predicted octanol–water partition coefficient (Wildman–Crippen LogP) is 2.23. The highest BCUT2D eigenvalue weighted by atomic mass is 32.1. The zero-order valence-corrected chi connectivity index (χ0v) is 13.7. The van der Waals surface area contributed by atoms with Crippen molar-refractivity contribution in [2.75, 3.05) is 11.9 Å². The molecule has 0 fully saturated rings. The third-order valence-electron chi connectivity index (χ3n) is 3.27. The lowest BCUT2D eigenvalue weighted by Gasteiger charge is -2.08. The summed E-state index contributed by atoms with van der Waals surface area (Å²) in [6.07, 6.45) is 1.66. The van der Waals surface area contributed by atoms with Gasteiger partial charge in [0.1, 0.15) is 0 Å². The number of thiocarbonyl (C=S) groups is 1. The third kappa shape index (κ3) is 3.18. The van der Waals surface area contributed by atoms with E-state index in [4.69, 9.17) is 22.7 Å². The molecule has 0 saturated heterocycles. The Morgan fingerprint density at radius 3 is 2.96 bits per heavy atom. The largest absolute Gasteiger partial charge is 0.461 e. The molecule has 0 bridgehead atoms. The molecule has 3 N–H and O–H groups in total. The van der Waals surface area contributed by atoms with E-state index in [-0.39, 0.29) is 10.8 Å². The molecule has 122 valence electrons. The summed E-state index contributed by atoms with van der Waals surface area (Å²) in [6.45, 7) is 2.04. The quantitative estimate of drug-likeness (QED) is 0.555. The van der Waals surface area contributed by atoms with Crippen molar-refractivity contribution in [1.82, 2.24) is 14.6 Å². The molecule has 3 aromatic rings. The minimum Gasteiger partial charge on any atom is -0.461 e. The summed E-state index contributed by atoms with van der Waals surface area (Å²) in [5, 5.41) is 7.39. The zero-order chi connectivity index (χ0) is 17.1. The van der Waals surface area contributed by atoms with E-state index in [0.29, 0.717) is 12.3 Å². The zero-order valence-electron chi connectivity index (χ0n) is 12.9. The smallest absolute Gasteiger partial charge is 0.358 e. The van der Waals surface area contributed by atoms with Gasteiger partial charge in [0, 0.05) is 23.5 Å². The van der Waals surface area contributed by atoms with Gasteiger partial charge in [-0.25, -0.2) is 14.3 Å². The van der Waals surface area contributed by atoms with E-state index in [1.165, 1.54) is 0 Å². The molecule has 1 aromatic carbocycles. The summed E-state index contributed by atoms with van der Waals surface area (Å²) in [6, 6.07) is 10.9. The van der Waals surface area contributed by atoms with Crippen LogP contribution in [0, 0.1) is 0 Å². The molecule has 7 nitrogen and oxygen atoms in total. The maximum atomic E-state index is 11.9. The van der Waals surface area contributed by atoms with Crippen LogP contribution in [-0.2, 0) is 4.74 Å². The van der Waals surface area contributed by atoms with E-state index >= 15 is 0 Å². The summed E-state index contributed by atoms with van der Waals surface area (Å²) in [7, 11) is 0. The molecule has 0 radical (unpaired) electrons. The van der Waals surface area contributed by atoms with Gasteiger partial charge in [-0.3, -0.25) is 0 Å². The monoisotopic (exact) mass is 341 g/mol. The Morgan fingerprint density at radius 2 is 2.21 bits per heavy atom. The second kappa shape index (κ2) is 6.63. The van der Waals surface area contributed by atoms with Crippen molar-refractivity contribution in [2.45, 2.75) is 6.92 Å². The highest BCUT2D eigenvalue weighted by molar-refractivity contribution is 7.80. The van der Waals surface area contributed by atoms with Crippen LogP contribution in [0.5, 0.6) is 0 Å². The number of carbonyl (C=O) groups is 1. The number of fused-ring (bicyclic) bond motifs is 1. The summed E-state index contributed by atoms with van der Waals surface area (Å²) >= 11 is 4.86. The maximum Gasteiger partial charge on any atom is 0.358 e. The van der Waals surface area contributed by atoms with Crippen LogP contribution in [0.15, 0.2) is 42.6 Å². The number of esters is 1. The van der Waals surface area contributed by atoms with Gasteiger partial charge in [-0.15, -0.1) is 0 Å². The first-order valence-corrected chi connectivity index (χ1v) is 7.68. The fourth-order valence-electron chi connectivity index (χ4n) is 2.32. The Hall–Kier alpha value is -3.00. The van der Waals surface area contributed by atoms with Crippen LogP contribution in [0.2, 0.25) is 0 Å². The van der Waals surface area contributed by atoms with E-state index in [2.05, 4.69) is 15.4 Å². The van der Waals surface area contributed by atoms with Crippen LogP contribution in [0.25, 0.3) is 16.9 Å². The van der Waals surface area contributed by atoms with Gasteiger partial charge in [-0.05, 0) is 37.3 Å². The Kier molecular flexibility index (Phi) is 4.39. The molecule has 0 spiro atoms. The predicted molar refractivity (Wildman–Crippen MR) is 94.8 cm³/mol. The Bertz CT molecular complexity index is 922. The molecule has 24 heavy (non-hydrogen) atoms. The van der Waals surface area contributed by atoms with E-state index < -0.39 is 5.97 Å². The number of benzene rings is 1. The Morgan fingerprint density at radius 1 is 1.38 bits per heavy atom. The normalized spacial score (nSPS) is 10.5. The number of nitrogens with one attached hydrogen (secondary N) is 1. The van der Waals surface area contributed by atoms with Crippen LogP contribution in [0.1, 0.15) is 17.4 Å². The van der Waals surface area contributed by atoms with Crippen molar-refractivity contribution < 1.29 is 9.53 Å². The summed E-state index contributed by atoms with van der Waals surface area (Å²) in [5.74, 6) is -0.474. The number of rotatable bonds is 4. The van der Waals surface area contributed by atoms with Crippen molar-refractivity contribution >= 4 is 34.6 Å². The van der Waals surface area contributed by atoms with Crippen molar-refractivity contribution in [2.24, 2.45) is 5.73 Å². The highest BCUT2D eigenvalue weighted by Gasteiger charge is 2.15. The first-order valence-electron chi connectivity index (χ1n) is 7.27. The average Bonchev–Trinajstić information content (AvgIpc) is 2.99. The van der Waals surface area contributed by atoms with Gasteiger partial charge >= 0.3 is 5.97 Å². The van der Waals surface area contributed by atoms with E-state index in [0.717, 1.165) is 16.9 Å². The van der Waals surface area contributed by atoms with Gasteiger partial charge in [-0.1, -0.05) is 12.1 Å². The Balaban J connectivity index is 2.06. The molecule has 2 aromatic heterocycles. The second-order valence-electron chi connectivity index (χ2n) is 4.92. The van der Waals surface area contributed by atoms with Crippen molar-refractivity contribution in [1.29, 1.82) is 0 Å². The van der Waals surface area contributed by atoms with Crippen LogP contribution in [0.3, 0.4) is 0 Å². The minimum absolute atomic E-state index is 0.190. The van der Waals surface area contributed by atoms with Gasteiger partial charge < -0.3 is 15.8 Å². The topological polar surface area (TPSA) is 94.5 Å². The van der Waals surface area contributed by atoms with Gasteiger partial charge in [0.2, 0.25) is 0 Å². The molecule has 8 heteroatoms. The highest BCUT2D eigenvalue weighted by Crippen LogP contribution is 2.23. The fourth-order valence-corrected chi connectivity index (χ4v) is 2.44. The second-order valence-corrected chi connectivity index (χ2v) is 5.36. The number of carbonyl (C=O) groups excluding carboxylic acids is 1. The maximum absolute atomic E-state index is 11.9. The van der Waals surface area contributed by atoms with Crippen LogP contribution < -0.4 is 11.1 Å². The molecule has 3 rings (SSSR count). The van der Waals surface area contributed by atoms with Gasteiger partial charge in [-0.2, -0.15) is 5.10 Å². The standard InChI is InChI=1S/C16H15N5O2S/c1-2-23-15(22)12-9-14-18-7-6-13(21(14)20-12)10-4-3-5-11(8-10)19-16(17)24/h3-9H,2H2,1H3,(H3,17,19,24). The van der Waals surface area contributed by atoms with E-state index in [1.807, 2.05) is 30.3 Å². The van der Waals surface area contributed by atoms with Crippen LogP contribution in [-0.4, -0.2) is 32.3 Å². The molecule has 0 amide bonds. The first-order chi connectivity index (χ1) is 11.6. The van der Waals surface area contributed by atoms with Gasteiger partial charge in [0.15, 0.2) is 16.5 Å².